The number of nitrogens with one attached hydrogen (secondary N) is 1. The summed E-state index contributed by atoms with van der Waals surface area (Å²) >= 11 is 13.0. The average molecular weight is 501 g/mol. The van der Waals surface area contributed by atoms with Gasteiger partial charge in [0.1, 0.15) is 5.82 Å². The maximum absolute atomic E-state index is 13.8. The van der Waals surface area contributed by atoms with Crippen LogP contribution in [0.1, 0.15) is 5.56 Å². The van der Waals surface area contributed by atoms with Crippen molar-refractivity contribution in [1.29, 1.82) is 0 Å². The molecule has 0 spiro atoms. The lowest BCUT2D eigenvalue weighted by Gasteiger charge is -2.13. The first-order chi connectivity index (χ1) is 15.9. The Morgan fingerprint density at radius 3 is 2.61 bits per heavy atom. The van der Waals surface area contributed by atoms with E-state index in [-0.39, 0.29) is 21.9 Å². The zero-order valence-electron chi connectivity index (χ0n) is 16.8. The van der Waals surface area contributed by atoms with Crippen LogP contribution in [0.2, 0.25) is 10.0 Å². The van der Waals surface area contributed by atoms with Gasteiger partial charge in [-0.1, -0.05) is 53.2 Å². The van der Waals surface area contributed by atoms with Crippen LogP contribution in [0.15, 0.2) is 81.8 Å². The first-order valence-electron chi connectivity index (χ1n) is 9.60. The third-order valence-electron chi connectivity index (χ3n) is 4.54. The second-order valence-electron chi connectivity index (χ2n) is 6.75. The van der Waals surface area contributed by atoms with Crippen LogP contribution in [-0.2, 0) is 4.79 Å². The van der Waals surface area contributed by atoms with E-state index in [0.29, 0.717) is 26.8 Å². The van der Waals surface area contributed by atoms with Crippen molar-refractivity contribution in [3.8, 4) is 5.69 Å². The van der Waals surface area contributed by atoms with E-state index in [0.717, 1.165) is 18.0 Å². The number of hydrogen-bond acceptors (Lipinski definition) is 5. The van der Waals surface area contributed by atoms with Crippen LogP contribution in [0, 0.1) is 5.82 Å². The Morgan fingerprint density at radius 2 is 1.85 bits per heavy atom. The van der Waals surface area contributed by atoms with Crippen molar-refractivity contribution < 1.29 is 9.18 Å². The van der Waals surface area contributed by atoms with Gasteiger partial charge in [-0.05, 0) is 48.5 Å². The first-order valence-corrected chi connectivity index (χ1v) is 11.3. The number of benzene rings is 3. The smallest absolute Gasteiger partial charge is 0.266 e. The lowest BCUT2D eigenvalue weighted by atomic mass is 10.2. The summed E-state index contributed by atoms with van der Waals surface area (Å²) in [5, 5.41) is 5.25. The van der Waals surface area contributed by atoms with E-state index >= 15 is 0 Å². The lowest BCUT2D eigenvalue weighted by molar-refractivity contribution is -0.118. The zero-order chi connectivity index (χ0) is 23.4. The van der Waals surface area contributed by atoms with Gasteiger partial charge in [0.15, 0.2) is 5.16 Å². The summed E-state index contributed by atoms with van der Waals surface area (Å²) < 4.78 is 15.2. The highest BCUT2D eigenvalue weighted by atomic mass is 35.5. The van der Waals surface area contributed by atoms with Gasteiger partial charge >= 0.3 is 0 Å². The number of hydrogen-bond donors (Lipinski definition) is 1. The van der Waals surface area contributed by atoms with Gasteiger partial charge in [-0.25, -0.2) is 14.8 Å². The van der Waals surface area contributed by atoms with Crippen LogP contribution >= 0.6 is 35.0 Å². The largest absolute Gasteiger partial charge is 0.272 e. The number of thioether (sulfide) groups is 1. The fraction of sp³-hybridized carbons (Fsp3) is 0.0435. The molecule has 166 valence electrons. The Bertz CT molecular complexity index is 1400. The molecule has 0 aliphatic rings. The molecule has 1 N–H and O–H groups in total. The SMILES string of the molecule is O=C(CSc1nc2ccccc2c(=O)n1-c1ccc(Cl)cc1)N/N=C/c1c(F)cccc1Cl. The Labute approximate surface area is 202 Å². The molecule has 3 aromatic carbocycles. The highest BCUT2D eigenvalue weighted by Gasteiger charge is 2.15. The number of fused-ring (bicyclic) bond motifs is 1. The van der Waals surface area contributed by atoms with E-state index in [1.807, 2.05) is 0 Å². The summed E-state index contributed by atoms with van der Waals surface area (Å²) in [6, 6.07) is 17.9. The zero-order valence-corrected chi connectivity index (χ0v) is 19.2. The maximum Gasteiger partial charge on any atom is 0.266 e. The van der Waals surface area contributed by atoms with E-state index in [4.69, 9.17) is 23.2 Å². The molecule has 6 nitrogen and oxygen atoms in total. The molecule has 0 aliphatic carbocycles. The summed E-state index contributed by atoms with van der Waals surface area (Å²) in [7, 11) is 0. The lowest BCUT2D eigenvalue weighted by Crippen LogP contribution is -2.24. The van der Waals surface area contributed by atoms with Crippen LogP contribution in [0.5, 0.6) is 0 Å². The van der Waals surface area contributed by atoms with Gasteiger partial charge in [0.25, 0.3) is 11.5 Å². The molecule has 0 atom stereocenters. The minimum Gasteiger partial charge on any atom is -0.272 e. The molecule has 1 aromatic heterocycles. The molecule has 0 bridgehead atoms. The number of carbonyl (C=O) groups excluding carboxylic acids is 1. The molecule has 0 aliphatic heterocycles. The summed E-state index contributed by atoms with van der Waals surface area (Å²) in [5.41, 5.74) is 3.21. The summed E-state index contributed by atoms with van der Waals surface area (Å²) in [5.74, 6) is -1.10. The van der Waals surface area contributed by atoms with Crippen molar-refractivity contribution in [1.82, 2.24) is 15.0 Å². The fourth-order valence-electron chi connectivity index (χ4n) is 2.99. The Morgan fingerprint density at radius 1 is 1.09 bits per heavy atom. The summed E-state index contributed by atoms with van der Waals surface area (Å²) in [6.07, 6.45) is 1.14. The predicted molar refractivity (Wildman–Crippen MR) is 130 cm³/mol. The molecule has 1 amide bonds. The maximum atomic E-state index is 13.8. The second kappa shape index (κ2) is 10.2. The third-order valence-corrected chi connectivity index (χ3v) is 6.06. The second-order valence-corrected chi connectivity index (χ2v) is 8.53. The van der Waals surface area contributed by atoms with Crippen molar-refractivity contribution in [2.24, 2.45) is 5.10 Å². The molecular weight excluding hydrogens is 486 g/mol. The van der Waals surface area contributed by atoms with E-state index in [9.17, 15) is 14.0 Å². The predicted octanol–water partition coefficient (Wildman–Crippen LogP) is 5.07. The Balaban J connectivity index is 1.57. The molecular formula is C23H15Cl2FN4O2S. The van der Waals surface area contributed by atoms with Crippen LogP contribution < -0.4 is 11.0 Å². The molecule has 0 unspecified atom stereocenters. The normalized spacial score (nSPS) is 11.2. The topological polar surface area (TPSA) is 76.3 Å². The van der Waals surface area contributed by atoms with E-state index in [1.165, 1.54) is 22.8 Å². The molecule has 0 radical (unpaired) electrons. The van der Waals surface area contributed by atoms with Crippen molar-refractivity contribution in [2.45, 2.75) is 5.16 Å². The van der Waals surface area contributed by atoms with Gasteiger partial charge in [-0.3, -0.25) is 14.2 Å². The summed E-state index contributed by atoms with van der Waals surface area (Å²) in [6.45, 7) is 0. The molecule has 0 fully saturated rings. The molecule has 4 aromatic rings. The van der Waals surface area contributed by atoms with Gasteiger partial charge in [0, 0.05) is 10.6 Å². The summed E-state index contributed by atoms with van der Waals surface area (Å²) in [4.78, 5) is 30.1. The third kappa shape index (κ3) is 5.24. The Kier molecular flexibility index (Phi) is 7.08. The number of aromatic nitrogens is 2. The van der Waals surface area contributed by atoms with E-state index in [2.05, 4.69) is 15.5 Å². The van der Waals surface area contributed by atoms with Gasteiger partial charge in [0.2, 0.25) is 0 Å². The molecule has 10 heteroatoms. The highest BCUT2D eigenvalue weighted by Crippen LogP contribution is 2.22. The highest BCUT2D eigenvalue weighted by molar-refractivity contribution is 7.99. The van der Waals surface area contributed by atoms with Crippen molar-refractivity contribution in [2.75, 3.05) is 5.75 Å². The van der Waals surface area contributed by atoms with Crippen LogP contribution in [-0.4, -0.2) is 27.4 Å². The number of carbonyl (C=O) groups is 1. The molecule has 4 rings (SSSR count). The molecule has 1 heterocycles. The number of amides is 1. The van der Waals surface area contributed by atoms with Crippen LogP contribution in [0.3, 0.4) is 0 Å². The van der Waals surface area contributed by atoms with Crippen molar-refractivity contribution in [3.05, 3.63) is 98.5 Å². The number of para-hydroxylation sites is 1. The van der Waals surface area contributed by atoms with Crippen molar-refractivity contribution >= 4 is 58.0 Å². The van der Waals surface area contributed by atoms with Crippen LogP contribution in [0.4, 0.5) is 4.39 Å². The number of nitrogens with zero attached hydrogens (tertiary/aromatic N) is 3. The van der Waals surface area contributed by atoms with Gasteiger partial charge in [0.05, 0.1) is 33.6 Å². The van der Waals surface area contributed by atoms with E-state index in [1.54, 1.807) is 48.5 Å². The van der Waals surface area contributed by atoms with Crippen LogP contribution in [0.25, 0.3) is 16.6 Å². The number of halogens is 3. The monoisotopic (exact) mass is 500 g/mol. The average Bonchev–Trinajstić information content (AvgIpc) is 2.80. The first kappa shape index (κ1) is 23.0. The van der Waals surface area contributed by atoms with Gasteiger partial charge in [-0.15, -0.1) is 0 Å². The van der Waals surface area contributed by atoms with E-state index < -0.39 is 11.7 Å². The number of hydrazone groups is 1. The quantitative estimate of drug-likeness (QED) is 0.173. The Hall–Kier alpha value is -3.20. The molecule has 33 heavy (non-hydrogen) atoms. The molecule has 0 saturated carbocycles. The standard InChI is InChI=1S/C23H15Cl2FN4O2S/c24-14-8-10-15(11-9-14)30-22(32)16-4-1-2-7-20(16)28-23(30)33-13-21(31)29-27-12-17-18(25)5-3-6-19(17)26/h1-12H,13H2,(H,29,31)/b27-12+. The minimum atomic E-state index is -0.554. The van der Waals surface area contributed by atoms with Crippen molar-refractivity contribution in [3.63, 3.8) is 0 Å². The van der Waals surface area contributed by atoms with Gasteiger partial charge in [-0.2, -0.15) is 5.10 Å². The fourth-order valence-corrected chi connectivity index (χ4v) is 4.14. The number of rotatable bonds is 6. The van der Waals surface area contributed by atoms with Gasteiger partial charge < -0.3 is 0 Å². The minimum absolute atomic E-state index is 0.0693. The molecule has 0 saturated heterocycles.